The van der Waals surface area contributed by atoms with Crippen LogP contribution in [0.2, 0.25) is 18.1 Å². The maximum Gasteiger partial charge on any atom is 0.192 e. The van der Waals surface area contributed by atoms with Gasteiger partial charge in [-0.15, -0.1) is 11.3 Å². The van der Waals surface area contributed by atoms with Gasteiger partial charge in [-0.3, -0.25) is 0 Å². The molecule has 1 aromatic rings. The van der Waals surface area contributed by atoms with E-state index in [1.54, 1.807) is 11.3 Å². The summed E-state index contributed by atoms with van der Waals surface area (Å²) >= 11 is 8.37. The number of carbonyl (C=O) groups is 1. The summed E-state index contributed by atoms with van der Waals surface area (Å²) in [5, 5.41) is 3.88. The normalized spacial score (nSPS) is 16.0. The summed E-state index contributed by atoms with van der Waals surface area (Å²) in [6.45, 7) is 17.4. The number of carbonyl (C=O) groups excluding carboxylic acids is 1. The van der Waals surface area contributed by atoms with E-state index in [9.17, 15) is 4.79 Å². The monoisotopic (exact) mass is 455 g/mol. The molecule has 3 nitrogen and oxygen atoms in total. The number of aromatic nitrogens is 1. The lowest BCUT2D eigenvalue weighted by molar-refractivity contribution is -0.110. The minimum Gasteiger partial charge on any atom is -0.409 e. The van der Waals surface area contributed by atoms with Gasteiger partial charge >= 0.3 is 0 Å². The second kappa shape index (κ2) is 11.6. The summed E-state index contributed by atoms with van der Waals surface area (Å²) in [6, 6.07) is 0. The molecular formula is C23H38ClNO2SSi. The fourth-order valence-corrected chi connectivity index (χ4v) is 4.79. The van der Waals surface area contributed by atoms with E-state index in [1.807, 2.05) is 25.3 Å². The van der Waals surface area contributed by atoms with Crippen molar-refractivity contribution in [2.45, 2.75) is 91.5 Å². The third-order valence-corrected chi connectivity index (χ3v) is 11.2. The maximum atomic E-state index is 10.8. The third kappa shape index (κ3) is 9.29. The maximum absolute atomic E-state index is 10.8. The second-order valence-electron chi connectivity index (χ2n) is 9.48. The number of allylic oxidation sites excluding steroid dienone is 1. The standard InChI is InChI=1S/C23H38ClNO2SSi/c1-17(10-9-11-18(2)15-26)12-13-22(27-29(7,8)23(4,5)6)21(24)14-20-16-28-19(3)25-20/h12,14-16,18,22H,9-11,13H2,1-8H3/t18-,22-/m0/s1. The number of rotatable bonds is 11. The van der Waals surface area contributed by atoms with Crippen LogP contribution < -0.4 is 0 Å². The predicted octanol–water partition coefficient (Wildman–Crippen LogP) is 7.76. The van der Waals surface area contributed by atoms with E-state index < -0.39 is 8.32 Å². The molecule has 0 fully saturated rings. The number of thiazole rings is 1. The summed E-state index contributed by atoms with van der Waals surface area (Å²) in [5.74, 6) is 0.136. The highest BCUT2D eigenvalue weighted by Crippen LogP contribution is 2.39. The van der Waals surface area contributed by atoms with Gasteiger partial charge < -0.3 is 9.22 Å². The van der Waals surface area contributed by atoms with E-state index in [1.165, 1.54) is 5.57 Å². The fourth-order valence-electron chi connectivity index (χ4n) is 2.61. The predicted molar refractivity (Wildman–Crippen MR) is 130 cm³/mol. The molecule has 6 heteroatoms. The zero-order chi connectivity index (χ0) is 22.2. The first-order valence-corrected chi connectivity index (χ1v) is 14.6. The Morgan fingerprint density at radius 1 is 1.38 bits per heavy atom. The average Bonchev–Trinajstić information content (AvgIpc) is 3.01. The van der Waals surface area contributed by atoms with Crippen molar-refractivity contribution in [3.63, 3.8) is 0 Å². The average molecular weight is 456 g/mol. The van der Waals surface area contributed by atoms with E-state index in [0.717, 1.165) is 42.7 Å². The zero-order valence-electron chi connectivity index (χ0n) is 19.3. The fraction of sp³-hybridized carbons (Fsp3) is 0.652. The largest absolute Gasteiger partial charge is 0.409 e. The van der Waals surface area contributed by atoms with Crippen molar-refractivity contribution >= 4 is 43.6 Å². The van der Waals surface area contributed by atoms with E-state index in [4.69, 9.17) is 16.0 Å². The molecule has 0 saturated carbocycles. The van der Waals surface area contributed by atoms with E-state index in [0.29, 0.717) is 5.03 Å². The Kier molecular flexibility index (Phi) is 10.5. The highest BCUT2D eigenvalue weighted by atomic mass is 35.5. The van der Waals surface area contributed by atoms with E-state index in [2.05, 4.69) is 51.8 Å². The molecule has 0 aromatic carbocycles. The molecule has 0 amide bonds. The molecule has 0 aliphatic heterocycles. The number of aryl methyl sites for hydroxylation is 1. The molecule has 0 spiro atoms. The summed E-state index contributed by atoms with van der Waals surface area (Å²) in [5.41, 5.74) is 2.21. The zero-order valence-corrected chi connectivity index (χ0v) is 21.9. The Morgan fingerprint density at radius 3 is 2.55 bits per heavy atom. The Bertz CT molecular complexity index is 719. The Balaban J connectivity index is 2.94. The van der Waals surface area contributed by atoms with Crippen LogP contribution in [0.3, 0.4) is 0 Å². The van der Waals surface area contributed by atoms with Crippen LogP contribution >= 0.6 is 22.9 Å². The molecule has 0 unspecified atom stereocenters. The second-order valence-corrected chi connectivity index (χ2v) is 15.7. The number of nitrogens with zero attached hydrogens (tertiary/aromatic N) is 1. The molecule has 0 aliphatic rings. The van der Waals surface area contributed by atoms with Crippen molar-refractivity contribution < 1.29 is 9.22 Å². The number of hydrogen-bond donors (Lipinski definition) is 0. The number of aldehydes is 1. The van der Waals surface area contributed by atoms with Crippen LogP contribution in [0.5, 0.6) is 0 Å². The van der Waals surface area contributed by atoms with Gasteiger partial charge in [-0.25, -0.2) is 4.98 Å². The van der Waals surface area contributed by atoms with Crippen LogP contribution in [0.4, 0.5) is 0 Å². The third-order valence-electron chi connectivity index (χ3n) is 5.62. The smallest absolute Gasteiger partial charge is 0.192 e. The summed E-state index contributed by atoms with van der Waals surface area (Å²) in [6.07, 6.45) is 8.76. The van der Waals surface area contributed by atoms with Gasteiger partial charge in [0, 0.05) is 16.3 Å². The first-order chi connectivity index (χ1) is 13.4. The molecule has 1 aromatic heterocycles. The number of hydrogen-bond acceptors (Lipinski definition) is 4. The Labute approximate surface area is 187 Å². The highest BCUT2D eigenvalue weighted by Gasteiger charge is 2.39. The molecule has 29 heavy (non-hydrogen) atoms. The summed E-state index contributed by atoms with van der Waals surface area (Å²) in [4.78, 5) is 15.3. The topological polar surface area (TPSA) is 39.2 Å². The van der Waals surface area contributed by atoms with Gasteiger partial charge in [0.25, 0.3) is 0 Å². The lowest BCUT2D eigenvalue weighted by atomic mass is 10.0. The molecule has 1 rings (SSSR count). The van der Waals surface area contributed by atoms with Gasteiger partial charge in [0.05, 0.1) is 16.8 Å². The van der Waals surface area contributed by atoms with Crippen LogP contribution in [-0.4, -0.2) is 25.7 Å². The molecule has 0 bridgehead atoms. The van der Waals surface area contributed by atoms with Crippen molar-refractivity contribution in [2.75, 3.05) is 0 Å². The molecule has 0 N–H and O–H groups in total. The van der Waals surface area contributed by atoms with Crippen LogP contribution in [0.1, 0.15) is 71.0 Å². The summed E-state index contributed by atoms with van der Waals surface area (Å²) < 4.78 is 6.68. The molecule has 0 saturated heterocycles. The Morgan fingerprint density at radius 2 is 2.03 bits per heavy atom. The SMILES string of the molecule is CC(=CC[C@H](O[Si](C)(C)C(C)(C)C)C(Cl)=Cc1csc(C)n1)CCC[C@H](C)C=O. The van der Waals surface area contributed by atoms with Crippen LogP contribution in [0, 0.1) is 12.8 Å². The molecular weight excluding hydrogens is 418 g/mol. The van der Waals surface area contributed by atoms with Gasteiger partial charge in [-0.05, 0) is 63.7 Å². The lowest BCUT2D eigenvalue weighted by Gasteiger charge is -2.39. The lowest BCUT2D eigenvalue weighted by Crippen LogP contribution is -2.44. The molecule has 0 radical (unpaired) electrons. The van der Waals surface area contributed by atoms with Gasteiger partial charge in [0.15, 0.2) is 8.32 Å². The number of halogens is 1. The van der Waals surface area contributed by atoms with Crippen LogP contribution in [-0.2, 0) is 9.22 Å². The van der Waals surface area contributed by atoms with Crippen LogP contribution in [0.15, 0.2) is 22.1 Å². The quantitative estimate of drug-likeness (QED) is 0.194. The summed E-state index contributed by atoms with van der Waals surface area (Å²) in [7, 11) is -1.97. The minimum absolute atomic E-state index is 0.114. The van der Waals surface area contributed by atoms with Crippen molar-refractivity contribution in [3.8, 4) is 0 Å². The molecule has 0 aliphatic carbocycles. The minimum atomic E-state index is -1.97. The van der Waals surface area contributed by atoms with Gasteiger partial charge in [0.2, 0.25) is 0 Å². The molecule has 1 heterocycles. The van der Waals surface area contributed by atoms with Gasteiger partial charge in [-0.1, -0.05) is 50.9 Å². The first kappa shape index (κ1) is 26.3. The highest BCUT2D eigenvalue weighted by molar-refractivity contribution is 7.09. The van der Waals surface area contributed by atoms with Crippen LogP contribution in [0.25, 0.3) is 6.08 Å². The van der Waals surface area contributed by atoms with E-state index in [-0.39, 0.29) is 17.1 Å². The Hall–Kier alpha value is -0.753. The van der Waals surface area contributed by atoms with Gasteiger partial charge in [0.1, 0.15) is 6.29 Å². The van der Waals surface area contributed by atoms with E-state index >= 15 is 0 Å². The first-order valence-electron chi connectivity index (χ1n) is 10.4. The van der Waals surface area contributed by atoms with Crippen molar-refractivity contribution in [1.29, 1.82) is 0 Å². The van der Waals surface area contributed by atoms with Crippen molar-refractivity contribution in [3.05, 3.63) is 32.8 Å². The van der Waals surface area contributed by atoms with Gasteiger partial charge in [-0.2, -0.15) is 0 Å². The molecule has 164 valence electrons. The molecule has 2 atom stereocenters. The van der Waals surface area contributed by atoms with Crippen molar-refractivity contribution in [1.82, 2.24) is 4.98 Å². The van der Waals surface area contributed by atoms with Crippen molar-refractivity contribution in [2.24, 2.45) is 5.92 Å².